The van der Waals surface area contributed by atoms with E-state index in [1.165, 1.54) is 0 Å². The van der Waals surface area contributed by atoms with Crippen LogP contribution in [0.15, 0.2) is 6.20 Å². The van der Waals surface area contributed by atoms with Crippen LogP contribution in [-0.2, 0) is 13.5 Å². The highest BCUT2D eigenvalue weighted by atomic mass is 15.4. The Kier molecular flexibility index (Phi) is 1.66. The average Bonchev–Trinajstić information content (AvgIpc) is 2.13. The fourth-order valence-corrected chi connectivity index (χ4v) is 0.671. The van der Waals surface area contributed by atoms with Crippen LogP contribution in [0.1, 0.15) is 5.69 Å². The third kappa shape index (κ3) is 1.54. The Morgan fingerprint density at radius 3 is 3.00 bits per heavy atom. The third-order valence-corrected chi connectivity index (χ3v) is 1.02. The van der Waals surface area contributed by atoms with Gasteiger partial charge in [0, 0.05) is 13.2 Å². The molecule has 0 atom stereocenters. The number of hydrogen-bond acceptors (Lipinski definition) is 3. The number of aryl methyl sites for hydroxylation is 1. The van der Waals surface area contributed by atoms with Crippen molar-refractivity contribution < 1.29 is 0 Å². The summed E-state index contributed by atoms with van der Waals surface area (Å²) in [5.74, 6) is 0.112. The van der Waals surface area contributed by atoms with Gasteiger partial charge in [0.15, 0.2) is 0 Å². The summed E-state index contributed by atoms with van der Waals surface area (Å²) in [4.78, 5) is 0. The predicted molar refractivity (Wildman–Crippen MR) is 36.6 cm³/mol. The Morgan fingerprint density at radius 1 is 1.90 bits per heavy atom. The Morgan fingerprint density at radius 2 is 2.60 bits per heavy atom. The van der Waals surface area contributed by atoms with Gasteiger partial charge >= 0.3 is 0 Å². The number of nitrogens with one attached hydrogen (secondary N) is 1. The molecule has 0 bridgehead atoms. The van der Waals surface area contributed by atoms with Crippen molar-refractivity contribution in [1.29, 1.82) is 5.41 Å². The van der Waals surface area contributed by atoms with Crippen molar-refractivity contribution in [1.82, 2.24) is 15.0 Å². The monoisotopic (exact) mass is 139 g/mol. The second kappa shape index (κ2) is 2.47. The van der Waals surface area contributed by atoms with E-state index in [4.69, 9.17) is 11.1 Å². The van der Waals surface area contributed by atoms with Crippen molar-refractivity contribution in [3.05, 3.63) is 11.9 Å². The molecular formula is C5H9N5. The number of nitrogens with two attached hydrogens (primary N) is 1. The Hall–Kier alpha value is -1.39. The molecule has 1 rings (SSSR count). The van der Waals surface area contributed by atoms with Crippen LogP contribution in [0, 0.1) is 5.41 Å². The molecule has 0 unspecified atom stereocenters. The minimum Gasteiger partial charge on any atom is -0.387 e. The van der Waals surface area contributed by atoms with Crippen LogP contribution in [0.3, 0.4) is 0 Å². The number of rotatable bonds is 2. The molecule has 0 aliphatic carbocycles. The lowest BCUT2D eigenvalue weighted by Gasteiger charge is -1.88. The molecule has 3 N–H and O–H groups in total. The topological polar surface area (TPSA) is 80.6 Å². The third-order valence-electron chi connectivity index (χ3n) is 1.02. The molecule has 0 fully saturated rings. The minimum atomic E-state index is 0.112. The molecule has 1 aromatic rings. The maximum Gasteiger partial charge on any atom is 0.0967 e. The van der Waals surface area contributed by atoms with E-state index >= 15 is 0 Å². The van der Waals surface area contributed by atoms with Crippen molar-refractivity contribution in [3.8, 4) is 0 Å². The smallest absolute Gasteiger partial charge is 0.0967 e. The molecule has 5 heteroatoms. The van der Waals surface area contributed by atoms with Crippen LogP contribution in [0.5, 0.6) is 0 Å². The fraction of sp³-hybridized carbons (Fsp3) is 0.400. The number of aromatic nitrogens is 3. The van der Waals surface area contributed by atoms with Gasteiger partial charge in [-0.15, -0.1) is 5.10 Å². The van der Waals surface area contributed by atoms with Gasteiger partial charge < -0.3 is 5.73 Å². The Balaban J connectivity index is 2.67. The Bertz CT molecular complexity index is 238. The average molecular weight is 139 g/mol. The molecule has 1 aromatic heterocycles. The van der Waals surface area contributed by atoms with E-state index in [2.05, 4.69) is 10.3 Å². The van der Waals surface area contributed by atoms with Crippen LogP contribution in [0.4, 0.5) is 0 Å². The number of hydrogen-bond donors (Lipinski definition) is 2. The highest BCUT2D eigenvalue weighted by Crippen LogP contribution is 1.90. The van der Waals surface area contributed by atoms with E-state index in [1.807, 2.05) is 0 Å². The molecule has 0 aliphatic rings. The lowest BCUT2D eigenvalue weighted by atomic mass is 10.3. The van der Waals surface area contributed by atoms with Crippen molar-refractivity contribution >= 4 is 5.84 Å². The first-order valence-corrected chi connectivity index (χ1v) is 2.86. The molecule has 0 aliphatic heterocycles. The quantitative estimate of drug-likeness (QED) is 0.419. The number of nitrogens with zero attached hydrogens (tertiary/aromatic N) is 3. The van der Waals surface area contributed by atoms with Gasteiger partial charge in [-0.2, -0.15) is 0 Å². The lowest BCUT2D eigenvalue weighted by Crippen LogP contribution is -2.12. The second-order valence-corrected chi connectivity index (χ2v) is 2.09. The molecule has 0 radical (unpaired) electrons. The molecule has 0 saturated heterocycles. The number of amidine groups is 1. The highest BCUT2D eigenvalue weighted by molar-refractivity contribution is 5.78. The zero-order chi connectivity index (χ0) is 7.56. The van der Waals surface area contributed by atoms with Crippen LogP contribution in [0.2, 0.25) is 0 Å². The SMILES string of the molecule is Cn1cc(CC(=N)N)nn1. The van der Waals surface area contributed by atoms with Crippen LogP contribution < -0.4 is 5.73 Å². The second-order valence-electron chi connectivity index (χ2n) is 2.09. The summed E-state index contributed by atoms with van der Waals surface area (Å²) in [5.41, 5.74) is 5.87. The van der Waals surface area contributed by atoms with Gasteiger partial charge in [0.2, 0.25) is 0 Å². The van der Waals surface area contributed by atoms with Gasteiger partial charge in [0.1, 0.15) is 0 Å². The molecular weight excluding hydrogens is 130 g/mol. The first-order chi connectivity index (χ1) is 4.68. The van der Waals surface area contributed by atoms with Crippen LogP contribution >= 0.6 is 0 Å². The molecule has 10 heavy (non-hydrogen) atoms. The summed E-state index contributed by atoms with van der Waals surface area (Å²) >= 11 is 0. The zero-order valence-electron chi connectivity index (χ0n) is 5.70. The maximum absolute atomic E-state index is 6.94. The molecule has 1 heterocycles. The van der Waals surface area contributed by atoms with Gasteiger partial charge in [-0.3, -0.25) is 10.1 Å². The Labute approximate surface area is 58.3 Å². The van der Waals surface area contributed by atoms with E-state index in [1.54, 1.807) is 17.9 Å². The largest absolute Gasteiger partial charge is 0.387 e. The van der Waals surface area contributed by atoms with E-state index < -0.39 is 0 Å². The minimum absolute atomic E-state index is 0.112. The van der Waals surface area contributed by atoms with Gasteiger partial charge in [-0.1, -0.05) is 5.21 Å². The predicted octanol–water partition coefficient (Wildman–Crippen LogP) is -0.706. The summed E-state index contributed by atoms with van der Waals surface area (Å²) in [5, 5.41) is 14.4. The summed E-state index contributed by atoms with van der Waals surface area (Å²) in [6.07, 6.45) is 2.12. The standard InChI is InChI=1S/C5H9N5/c1-10-3-4(8-9-10)2-5(6)7/h3H,2H2,1H3,(H3,6,7). The first kappa shape index (κ1) is 6.73. The zero-order valence-corrected chi connectivity index (χ0v) is 5.70. The maximum atomic E-state index is 6.94. The highest BCUT2D eigenvalue weighted by Gasteiger charge is 1.98. The van der Waals surface area contributed by atoms with Gasteiger partial charge in [0.25, 0.3) is 0 Å². The van der Waals surface area contributed by atoms with E-state index in [0.717, 1.165) is 5.69 Å². The van der Waals surface area contributed by atoms with Gasteiger partial charge in [-0.05, 0) is 0 Å². The van der Waals surface area contributed by atoms with Crippen LogP contribution in [0.25, 0.3) is 0 Å². The van der Waals surface area contributed by atoms with Crippen molar-refractivity contribution in [3.63, 3.8) is 0 Å². The van der Waals surface area contributed by atoms with E-state index in [0.29, 0.717) is 6.42 Å². The summed E-state index contributed by atoms with van der Waals surface area (Å²) in [6.45, 7) is 0. The fourth-order valence-electron chi connectivity index (χ4n) is 0.671. The van der Waals surface area contributed by atoms with Gasteiger partial charge in [-0.25, -0.2) is 0 Å². The molecule has 0 amide bonds. The van der Waals surface area contributed by atoms with Crippen molar-refractivity contribution in [2.75, 3.05) is 0 Å². The summed E-state index contributed by atoms with van der Waals surface area (Å²) in [7, 11) is 1.77. The molecule has 5 nitrogen and oxygen atoms in total. The molecule has 0 aromatic carbocycles. The van der Waals surface area contributed by atoms with Crippen LogP contribution in [-0.4, -0.2) is 20.8 Å². The summed E-state index contributed by atoms with van der Waals surface area (Å²) in [6, 6.07) is 0. The summed E-state index contributed by atoms with van der Waals surface area (Å²) < 4.78 is 1.58. The normalized spacial score (nSPS) is 9.70. The molecule has 54 valence electrons. The van der Waals surface area contributed by atoms with Gasteiger partial charge in [0.05, 0.1) is 18.0 Å². The lowest BCUT2D eigenvalue weighted by molar-refractivity contribution is 0.714. The van der Waals surface area contributed by atoms with E-state index in [9.17, 15) is 0 Å². The first-order valence-electron chi connectivity index (χ1n) is 2.86. The molecule has 0 spiro atoms. The molecule has 0 saturated carbocycles. The van der Waals surface area contributed by atoms with Crippen molar-refractivity contribution in [2.24, 2.45) is 12.8 Å². The van der Waals surface area contributed by atoms with Crippen molar-refractivity contribution in [2.45, 2.75) is 6.42 Å². The van der Waals surface area contributed by atoms with E-state index in [-0.39, 0.29) is 5.84 Å².